The minimum Gasteiger partial charge on any atom is -0.468 e. The van der Waals surface area contributed by atoms with Crippen molar-refractivity contribution in [2.24, 2.45) is 0 Å². The van der Waals surface area contributed by atoms with Gasteiger partial charge in [0.05, 0.1) is 11.2 Å². The van der Waals surface area contributed by atoms with E-state index >= 15 is 0 Å². The van der Waals surface area contributed by atoms with E-state index in [1.165, 1.54) is 6.26 Å². The normalized spacial score (nSPS) is 13.6. The summed E-state index contributed by atoms with van der Waals surface area (Å²) in [6.45, 7) is 1.63. The maximum Gasteiger partial charge on any atom is 0.188 e. The molecule has 0 N–H and O–H groups in total. The zero-order valence-electron chi connectivity index (χ0n) is 8.83. The lowest BCUT2D eigenvalue weighted by atomic mass is 10.3. The van der Waals surface area contributed by atoms with Gasteiger partial charge in [0.25, 0.3) is 0 Å². The molecule has 4 heteroatoms. The smallest absolute Gasteiger partial charge is 0.188 e. The third-order valence-corrected chi connectivity index (χ3v) is 4.57. The van der Waals surface area contributed by atoms with Crippen molar-refractivity contribution in [2.45, 2.75) is 17.1 Å². The van der Waals surface area contributed by atoms with Crippen LogP contribution in [0.15, 0.2) is 58.0 Å². The Morgan fingerprint density at radius 2 is 1.75 bits per heavy atom. The summed E-state index contributed by atoms with van der Waals surface area (Å²) in [5.41, 5.74) is 0. The van der Waals surface area contributed by atoms with Crippen LogP contribution in [0.5, 0.6) is 0 Å². The maximum atomic E-state index is 12.2. The molecule has 0 radical (unpaired) electrons. The predicted octanol–water partition coefficient (Wildman–Crippen LogP) is 2.81. The highest BCUT2D eigenvalue weighted by molar-refractivity contribution is 7.91. The fraction of sp³-hybridized carbons (Fsp3) is 0.167. The first-order valence-electron chi connectivity index (χ1n) is 4.95. The first-order chi connectivity index (χ1) is 7.62. The Morgan fingerprint density at radius 1 is 1.06 bits per heavy atom. The minimum atomic E-state index is -3.36. The fourth-order valence-electron chi connectivity index (χ4n) is 1.49. The molecular weight excluding hydrogens is 224 g/mol. The van der Waals surface area contributed by atoms with Crippen molar-refractivity contribution >= 4 is 9.84 Å². The van der Waals surface area contributed by atoms with E-state index in [1.807, 2.05) is 0 Å². The molecule has 2 aromatic rings. The van der Waals surface area contributed by atoms with E-state index in [-0.39, 0.29) is 0 Å². The Labute approximate surface area is 94.6 Å². The van der Waals surface area contributed by atoms with E-state index in [0.29, 0.717) is 10.7 Å². The van der Waals surface area contributed by atoms with Gasteiger partial charge in [0, 0.05) is 0 Å². The molecule has 3 nitrogen and oxygen atoms in total. The van der Waals surface area contributed by atoms with Gasteiger partial charge in [0.1, 0.15) is 11.0 Å². The molecule has 84 valence electrons. The lowest BCUT2D eigenvalue weighted by molar-refractivity contribution is 0.499. The second kappa shape index (κ2) is 4.14. The predicted molar refractivity (Wildman–Crippen MR) is 60.8 cm³/mol. The summed E-state index contributed by atoms with van der Waals surface area (Å²) in [4.78, 5) is 0.318. The van der Waals surface area contributed by atoms with Gasteiger partial charge in [-0.25, -0.2) is 8.42 Å². The van der Waals surface area contributed by atoms with Gasteiger partial charge in [-0.1, -0.05) is 18.2 Å². The van der Waals surface area contributed by atoms with E-state index < -0.39 is 15.1 Å². The molecule has 0 aliphatic heterocycles. The summed E-state index contributed by atoms with van der Waals surface area (Å²) < 4.78 is 29.5. The molecule has 0 aliphatic carbocycles. The summed E-state index contributed by atoms with van der Waals surface area (Å²) in [5.74, 6) is 0.462. The van der Waals surface area contributed by atoms with Crippen molar-refractivity contribution in [1.82, 2.24) is 0 Å². The van der Waals surface area contributed by atoms with Gasteiger partial charge < -0.3 is 4.42 Å². The average molecular weight is 236 g/mol. The lowest BCUT2D eigenvalue weighted by Gasteiger charge is -2.10. The van der Waals surface area contributed by atoms with Gasteiger partial charge >= 0.3 is 0 Å². The minimum absolute atomic E-state index is 0.318. The van der Waals surface area contributed by atoms with Crippen molar-refractivity contribution in [3.05, 3.63) is 54.5 Å². The van der Waals surface area contributed by atoms with Crippen LogP contribution in [0.25, 0.3) is 0 Å². The SMILES string of the molecule is CC(c1ccco1)S(=O)(=O)c1ccccc1. The monoisotopic (exact) mass is 236 g/mol. The molecule has 0 aliphatic rings. The van der Waals surface area contributed by atoms with Crippen molar-refractivity contribution in [3.8, 4) is 0 Å². The van der Waals surface area contributed by atoms with Crippen LogP contribution in [0, 0.1) is 0 Å². The van der Waals surface area contributed by atoms with E-state index in [1.54, 1.807) is 49.4 Å². The number of rotatable bonds is 3. The highest BCUT2D eigenvalue weighted by atomic mass is 32.2. The maximum absolute atomic E-state index is 12.2. The van der Waals surface area contributed by atoms with Crippen LogP contribution in [-0.4, -0.2) is 8.42 Å². The Hall–Kier alpha value is -1.55. The van der Waals surface area contributed by atoms with E-state index in [4.69, 9.17) is 4.42 Å². The largest absolute Gasteiger partial charge is 0.468 e. The molecule has 1 atom stereocenters. The van der Waals surface area contributed by atoms with Gasteiger partial charge in [-0.15, -0.1) is 0 Å². The second-order valence-corrected chi connectivity index (χ2v) is 5.78. The summed E-state index contributed by atoms with van der Waals surface area (Å²) in [6, 6.07) is 11.8. The van der Waals surface area contributed by atoms with Crippen molar-refractivity contribution in [2.75, 3.05) is 0 Å². The topological polar surface area (TPSA) is 47.3 Å². The summed E-state index contributed by atoms with van der Waals surface area (Å²) in [6.07, 6.45) is 1.48. The number of benzene rings is 1. The van der Waals surface area contributed by atoms with E-state index in [9.17, 15) is 8.42 Å². The fourth-order valence-corrected chi connectivity index (χ4v) is 2.87. The summed E-state index contributed by atoms with van der Waals surface area (Å²) in [7, 11) is -3.36. The number of sulfone groups is 1. The standard InChI is InChI=1S/C12H12O3S/c1-10(12-8-5-9-15-12)16(13,14)11-6-3-2-4-7-11/h2-10H,1H3. The van der Waals surface area contributed by atoms with Gasteiger partial charge in [0.2, 0.25) is 0 Å². The summed E-state index contributed by atoms with van der Waals surface area (Å²) in [5, 5.41) is -0.662. The Bertz CT molecular complexity index is 541. The van der Waals surface area contributed by atoms with E-state index in [2.05, 4.69) is 0 Å². The third-order valence-electron chi connectivity index (χ3n) is 2.48. The molecule has 0 spiro atoms. The Balaban J connectivity index is 2.41. The van der Waals surface area contributed by atoms with E-state index in [0.717, 1.165) is 0 Å². The van der Waals surface area contributed by atoms with Crippen molar-refractivity contribution in [1.29, 1.82) is 0 Å². The average Bonchev–Trinajstić information content (AvgIpc) is 2.82. The van der Waals surface area contributed by atoms with Crippen LogP contribution in [0.4, 0.5) is 0 Å². The molecular formula is C12H12O3S. The van der Waals surface area contributed by atoms with Crippen LogP contribution in [0.3, 0.4) is 0 Å². The van der Waals surface area contributed by atoms with Crippen LogP contribution in [0.2, 0.25) is 0 Å². The highest BCUT2D eigenvalue weighted by Gasteiger charge is 2.26. The molecule has 1 aromatic carbocycles. The first-order valence-corrected chi connectivity index (χ1v) is 6.49. The molecule has 1 unspecified atom stereocenters. The molecule has 0 bridgehead atoms. The van der Waals surface area contributed by atoms with Crippen molar-refractivity contribution in [3.63, 3.8) is 0 Å². The second-order valence-electron chi connectivity index (χ2n) is 3.52. The summed E-state index contributed by atoms with van der Waals surface area (Å²) >= 11 is 0. The Morgan fingerprint density at radius 3 is 2.31 bits per heavy atom. The quantitative estimate of drug-likeness (QED) is 0.823. The Kier molecular flexibility index (Phi) is 2.83. The number of hydrogen-bond acceptors (Lipinski definition) is 3. The molecule has 0 saturated heterocycles. The molecule has 1 heterocycles. The van der Waals surface area contributed by atoms with Gasteiger partial charge in [0.15, 0.2) is 9.84 Å². The molecule has 1 aromatic heterocycles. The van der Waals surface area contributed by atoms with Gasteiger partial charge in [-0.05, 0) is 31.2 Å². The van der Waals surface area contributed by atoms with Crippen LogP contribution < -0.4 is 0 Å². The van der Waals surface area contributed by atoms with Crippen LogP contribution in [-0.2, 0) is 9.84 Å². The molecule has 2 rings (SSSR count). The van der Waals surface area contributed by atoms with Gasteiger partial charge in [-0.3, -0.25) is 0 Å². The first kappa shape index (κ1) is 11.0. The molecule has 0 saturated carbocycles. The third kappa shape index (κ3) is 1.88. The van der Waals surface area contributed by atoms with Gasteiger partial charge in [-0.2, -0.15) is 0 Å². The molecule has 0 amide bonds. The zero-order valence-corrected chi connectivity index (χ0v) is 9.65. The molecule has 0 fully saturated rings. The van der Waals surface area contributed by atoms with Crippen LogP contribution >= 0.6 is 0 Å². The lowest BCUT2D eigenvalue weighted by Crippen LogP contribution is -2.09. The molecule has 16 heavy (non-hydrogen) atoms. The van der Waals surface area contributed by atoms with Crippen LogP contribution in [0.1, 0.15) is 17.9 Å². The number of hydrogen-bond donors (Lipinski definition) is 0. The zero-order chi connectivity index (χ0) is 11.6. The van der Waals surface area contributed by atoms with Crippen molar-refractivity contribution < 1.29 is 12.8 Å². The highest BCUT2D eigenvalue weighted by Crippen LogP contribution is 2.28. The number of furan rings is 1.